The zero-order chi connectivity index (χ0) is 12.2. The summed E-state index contributed by atoms with van der Waals surface area (Å²) in [6.45, 7) is 3.64. The molecule has 16 heavy (non-hydrogen) atoms. The second kappa shape index (κ2) is 5.61. The Bertz CT molecular complexity index is 240. The summed E-state index contributed by atoms with van der Waals surface area (Å²) in [5.41, 5.74) is -0.946. The van der Waals surface area contributed by atoms with Crippen molar-refractivity contribution in [2.24, 2.45) is 5.92 Å². The van der Waals surface area contributed by atoms with Crippen LogP contribution >= 0.6 is 0 Å². The van der Waals surface area contributed by atoms with E-state index in [0.717, 1.165) is 6.42 Å². The average molecular weight is 231 g/mol. The normalized spacial score (nSPS) is 25.8. The lowest BCUT2D eigenvalue weighted by Gasteiger charge is -2.28. The highest BCUT2D eigenvalue weighted by Crippen LogP contribution is 2.24. The lowest BCUT2D eigenvalue weighted by molar-refractivity contribution is -0.129. The van der Waals surface area contributed by atoms with Crippen molar-refractivity contribution < 1.29 is 19.7 Å². The van der Waals surface area contributed by atoms with Crippen LogP contribution in [0.25, 0.3) is 0 Å². The molecule has 0 aromatic heterocycles. The Morgan fingerprint density at radius 3 is 2.62 bits per heavy atom. The summed E-state index contributed by atoms with van der Waals surface area (Å²) in [5.74, 6) is -0.308. The van der Waals surface area contributed by atoms with E-state index in [4.69, 9.17) is 14.9 Å². The minimum atomic E-state index is -0.946. The number of amides is 1. The minimum absolute atomic E-state index is 0.0402. The van der Waals surface area contributed by atoms with Gasteiger partial charge >= 0.3 is 0 Å². The molecule has 1 rings (SSSR count). The van der Waals surface area contributed by atoms with E-state index in [9.17, 15) is 4.79 Å². The van der Waals surface area contributed by atoms with Crippen LogP contribution < -0.4 is 5.32 Å². The van der Waals surface area contributed by atoms with Crippen molar-refractivity contribution in [3.8, 4) is 0 Å². The quantitative estimate of drug-likeness (QED) is 0.605. The molecule has 0 saturated carbocycles. The first kappa shape index (κ1) is 13.4. The zero-order valence-electron chi connectivity index (χ0n) is 9.90. The van der Waals surface area contributed by atoms with E-state index in [-0.39, 0.29) is 31.1 Å². The highest BCUT2D eigenvalue weighted by atomic mass is 16.5. The summed E-state index contributed by atoms with van der Waals surface area (Å²) in [6.07, 6.45) is 1.46. The highest BCUT2D eigenvalue weighted by Gasteiger charge is 2.36. The summed E-state index contributed by atoms with van der Waals surface area (Å²) in [4.78, 5) is 11.9. The first-order valence-corrected chi connectivity index (χ1v) is 5.71. The van der Waals surface area contributed by atoms with Crippen molar-refractivity contribution >= 4 is 5.91 Å². The first-order valence-electron chi connectivity index (χ1n) is 5.71. The summed E-state index contributed by atoms with van der Waals surface area (Å²) in [6, 6.07) is 0. The third-order valence-corrected chi connectivity index (χ3v) is 3.07. The fourth-order valence-corrected chi connectivity index (χ4v) is 1.87. The number of hydrogen-bond donors (Lipinski definition) is 3. The van der Waals surface area contributed by atoms with E-state index in [1.54, 1.807) is 6.92 Å². The molecule has 3 N–H and O–H groups in total. The smallest absolute Gasteiger partial charge is 0.226 e. The molecular formula is C11H21NO4. The molecule has 1 aliphatic rings. The molecule has 5 heteroatoms. The van der Waals surface area contributed by atoms with E-state index >= 15 is 0 Å². The van der Waals surface area contributed by atoms with Gasteiger partial charge in [-0.25, -0.2) is 0 Å². The molecule has 1 amide bonds. The van der Waals surface area contributed by atoms with Crippen LogP contribution in [-0.2, 0) is 9.53 Å². The summed E-state index contributed by atoms with van der Waals surface area (Å²) in [5, 5.41) is 20.9. The third kappa shape index (κ3) is 2.93. The van der Waals surface area contributed by atoms with Crippen LogP contribution in [0.3, 0.4) is 0 Å². The molecule has 0 radical (unpaired) electrons. The molecule has 2 unspecified atom stereocenters. The number of hydrogen-bond acceptors (Lipinski definition) is 4. The number of carbonyl (C=O) groups excluding carboxylic acids is 1. The molecule has 5 nitrogen and oxygen atoms in total. The van der Waals surface area contributed by atoms with Gasteiger partial charge in [-0.3, -0.25) is 4.79 Å². The van der Waals surface area contributed by atoms with Gasteiger partial charge in [0.25, 0.3) is 0 Å². The maximum atomic E-state index is 11.9. The van der Waals surface area contributed by atoms with Crippen LogP contribution in [0, 0.1) is 5.92 Å². The van der Waals surface area contributed by atoms with Crippen LogP contribution in [-0.4, -0.2) is 47.6 Å². The second-order valence-electron chi connectivity index (χ2n) is 4.58. The Kier molecular flexibility index (Phi) is 4.70. The van der Waals surface area contributed by atoms with Crippen molar-refractivity contribution in [1.82, 2.24) is 5.32 Å². The standard InChI is InChI=1S/C11H21NO4/c1-3-9-8(4-5-16-9)10(15)12-11(2,6-13)7-14/h8-9,13-14H,3-7H2,1-2H3,(H,12,15). The van der Waals surface area contributed by atoms with Crippen molar-refractivity contribution in [2.45, 2.75) is 38.3 Å². The molecule has 0 aliphatic carbocycles. The van der Waals surface area contributed by atoms with Crippen molar-refractivity contribution in [1.29, 1.82) is 0 Å². The maximum absolute atomic E-state index is 11.9. The van der Waals surface area contributed by atoms with Gasteiger partial charge in [0.2, 0.25) is 5.91 Å². The largest absolute Gasteiger partial charge is 0.394 e. The topological polar surface area (TPSA) is 78.8 Å². The minimum Gasteiger partial charge on any atom is -0.394 e. The number of carbonyl (C=O) groups is 1. The molecule has 94 valence electrons. The second-order valence-corrected chi connectivity index (χ2v) is 4.58. The molecule has 0 aromatic rings. The molecule has 1 heterocycles. The Labute approximate surface area is 95.8 Å². The predicted octanol–water partition coefficient (Wildman–Crippen LogP) is -0.339. The number of aliphatic hydroxyl groups is 2. The van der Waals surface area contributed by atoms with Crippen molar-refractivity contribution in [2.75, 3.05) is 19.8 Å². The van der Waals surface area contributed by atoms with E-state index in [1.807, 2.05) is 6.92 Å². The average Bonchev–Trinajstić information content (AvgIpc) is 2.76. The Morgan fingerprint density at radius 1 is 1.50 bits per heavy atom. The Hall–Kier alpha value is -0.650. The van der Waals surface area contributed by atoms with Gasteiger partial charge in [0.1, 0.15) is 0 Å². The molecular weight excluding hydrogens is 210 g/mol. The SMILES string of the molecule is CCC1OCCC1C(=O)NC(C)(CO)CO. The highest BCUT2D eigenvalue weighted by molar-refractivity contribution is 5.80. The molecule has 1 aliphatic heterocycles. The van der Waals surface area contributed by atoms with Crippen molar-refractivity contribution in [3.63, 3.8) is 0 Å². The maximum Gasteiger partial charge on any atom is 0.226 e. The van der Waals surface area contributed by atoms with Gasteiger partial charge in [-0.15, -0.1) is 0 Å². The number of ether oxygens (including phenoxy) is 1. The molecule has 1 fully saturated rings. The van der Waals surface area contributed by atoms with Crippen LogP contribution in [0.1, 0.15) is 26.7 Å². The van der Waals surface area contributed by atoms with Gasteiger partial charge in [-0.05, 0) is 19.8 Å². The third-order valence-electron chi connectivity index (χ3n) is 3.07. The molecule has 0 aromatic carbocycles. The van der Waals surface area contributed by atoms with Gasteiger partial charge in [0, 0.05) is 6.61 Å². The predicted molar refractivity (Wildman–Crippen MR) is 58.9 cm³/mol. The monoisotopic (exact) mass is 231 g/mol. The summed E-state index contributed by atoms with van der Waals surface area (Å²) in [7, 11) is 0. The van der Waals surface area contributed by atoms with Crippen LogP contribution in [0.5, 0.6) is 0 Å². The van der Waals surface area contributed by atoms with Crippen LogP contribution in [0.4, 0.5) is 0 Å². The van der Waals surface area contributed by atoms with Crippen molar-refractivity contribution in [3.05, 3.63) is 0 Å². The van der Waals surface area contributed by atoms with E-state index < -0.39 is 5.54 Å². The Balaban J connectivity index is 2.57. The van der Waals surface area contributed by atoms with Gasteiger partial charge < -0.3 is 20.3 Å². The summed E-state index contributed by atoms with van der Waals surface area (Å²) >= 11 is 0. The van der Waals surface area contributed by atoms with Gasteiger partial charge in [-0.2, -0.15) is 0 Å². The van der Waals surface area contributed by atoms with Crippen LogP contribution in [0.2, 0.25) is 0 Å². The molecule has 0 bridgehead atoms. The Morgan fingerprint density at radius 2 is 2.12 bits per heavy atom. The molecule has 0 spiro atoms. The van der Waals surface area contributed by atoms with Gasteiger partial charge in [0.05, 0.1) is 30.8 Å². The molecule has 2 atom stereocenters. The fraction of sp³-hybridized carbons (Fsp3) is 0.909. The molecule has 1 saturated heterocycles. The van der Waals surface area contributed by atoms with E-state index in [0.29, 0.717) is 13.0 Å². The fourth-order valence-electron chi connectivity index (χ4n) is 1.87. The van der Waals surface area contributed by atoms with Gasteiger partial charge in [-0.1, -0.05) is 6.92 Å². The number of nitrogens with one attached hydrogen (secondary N) is 1. The first-order chi connectivity index (χ1) is 7.56. The van der Waals surface area contributed by atoms with E-state index in [1.165, 1.54) is 0 Å². The number of rotatable bonds is 5. The van der Waals surface area contributed by atoms with Gasteiger partial charge in [0.15, 0.2) is 0 Å². The number of aliphatic hydroxyl groups excluding tert-OH is 2. The lowest BCUT2D eigenvalue weighted by atomic mass is 9.96. The zero-order valence-corrected chi connectivity index (χ0v) is 9.90. The van der Waals surface area contributed by atoms with E-state index in [2.05, 4.69) is 5.32 Å². The summed E-state index contributed by atoms with van der Waals surface area (Å²) < 4.78 is 5.43. The van der Waals surface area contributed by atoms with Crippen LogP contribution in [0.15, 0.2) is 0 Å². The lowest BCUT2D eigenvalue weighted by Crippen LogP contribution is -2.54.